The summed E-state index contributed by atoms with van der Waals surface area (Å²) in [4.78, 5) is 56.5. The number of esters is 1. The summed E-state index contributed by atoms with van der Waals surface area (Å²) in [7, 11) is 0. The summed E-state index contributed by atoms with van der Waals surface area (Å²) in [6.07, 6.45) is -0.607. The summed E-state index contributed by atoms with van der Waals surface area (Å²) < 4.78 is 11.1. The molecule has 0 heterocycles. The van der Waals surface area contributed by atoms with Gasteiger partial charge in [-0.25, -0.2) is 9.59 Å². The van der Waals surface area contributed by atoms with Gasteiger partial charge in [-0.15, -0.1) is 0 Å². The molecule has 0 saturated heterocycles. The molecule has 0 aliphatic heterocycles. The number of carbonyl (C=O) groups is 4. The molecule has 0 saturated carbocycles. The number of rotatable bonds is 10. The highest BCUT2D eigenvalue weighted by atomic mass is 16.6. The Hall–Kier alpha value is -4.08. The van der Waals surface area contributed by atoms with Gasteiger partial charge in [0.1, 0.15) is 35.1 Å². The predicted octanol–water partition coefficient (Wildman–Crippen LogP) is 5.68. The van der Waals surface area contributed by atoms with Crippen molar-refractivity contribution in [1.29, 1.82) is 0 Å². The molecule has 10 heteroatoms. The van der Waals surface area contributed by atoms with E-state index >= 15 is 0 Å². The fourth-order valence-electron chi connectivity index (χ4n) is 4.68. The Morgan fingerprint density at radius 1 is 0.778 bits per heavy atom. The van der Waals surface area contributed by atoms with Crippen molar-refractivity contribution in [3.8, 4) is 5.75 Å². The van der Waals surface area contributed by atoms with E-state index in [-0.39, 0.29) is 18.1 Å². The van der Waals surface area contributed by atoms with Crippen LogP contribution in [0.1, 0.15) is 93.3 Å². The zero-order chi connectivity index (χ0) is 34.3. The number of hydrogen-bond donors (Lipinski definition) is 3. The molecule has 0 fully saturated rings. The van der Waals surface area contributed by atoms with E-state index in [1.54, 1.807) is 88.3 Å². The van der Waals surface area contributed by atoms with Crippen LogP contribution >= 0.6 is 0 Å². The van der Waals surface area contributed by atoms with Gasteiger partial charge in [-0.1, -0.05) is 56.3 Å². The van der Waals surface area contributed by atoms with Gasteiger partial charge in [0.2, 0.25) is 11.8 Å². The number of phenols is 1. The molecule has 3 N–H and O–H groups in total. The normalized spacial score (nSPS) is 14.1. The largest absolute Gasteiger partial charge is 0.508 e. The van der Waals surface area contributed by atoms with Crippen LogP contribution in [0.2, 0.25) is 0 Å². The third-order valence-corrected chi connectivity index (χ3v) is 6.57. The topological polar surface area (TPSA) is 134 Å². The Bertz CT molecular complexity index is 1300. The highest BCUT2D eigenvalue weighted by molar-refractivity contribution is 5.94. The number of carbonyl (C=O) groups excluding carboxylic acids is 4. The molecule has 3 atom stereocenters. The first kappa shape index (κ1) is 37.1. The van der Waals surface area contributed by atoms with E-state index < -0.39 is 58.7 Å². The van der Waals surface area contributed by atoms with Gasteiger partial charge in [-0.05, 0) is 91.5 Å². The van der Waals surface area contributed by atoms with Crippen LogP contribution in [0.15, 0.2) is 54.6 Å². The van der Waals surface area contributed by atoms with Crippen molar-refractivity contribution in [3.05, 3.63) is 65.7 Å². The molecule has 248 valence electrons. The maximum Gasteiger partial charge on any atom is 0.408 e. The summed E-state index contributed by atoms with van der Waals surface area (Å²) in [5.74, 6) is -2.16. The summed E-state index contributed by atoms with van der Waals surface area (Å²) >= 11 is 0. The van der Waals surface area contributed by atoms with Crippen LogP contribution < -0.4 is 10.6 Å². The van der Waals surface area contributed by atoms with Gasteiger partial charge in [0.05, 0.1) is 0 Å². The summed E-state index contributed by atoms with van der Waals surface area (Å²) in [5, 5.41) is 15.6. The average molecular weight is 626 g/mol. The standard InChI is InChI=1S/C35H51N3O7/c1-22(2)27(37-32(43)45-35(9,10)11)30(41)38(33(3,4)5)28(24-17-19-25(39)20-18-24)29(40)36-26(31(42)44-34(6,7)8)21-23-15-13-12-14-16-23/h12-20,22,26-28,39H,21H2,1-11H3,(H,36,40)(H,37,43). The van der Waals surface area contributed by atoms with Crippen LogP contribution in [-0.4, -0.2) is 62.7 Å². The van der Waals surface area contributed by atoms with Crippen molar-refractivity contribution in [3.63, 3.8) is 0 Å². The van der Waals surface area contributed by atoms with E-state index in [4.69, 9.17) is 9.47 Å². The molecule has 3 unspecified atom stereocenters. The van der Waals surface area contributed by atoms with Crippen LogP contribution in [0.3, 0.4) is 0 Å². The quantitative estimate of drug-likeness (QED) is 0.289. The minimum Gasteiger partial charge on any atom is -0.508 e. The van der Waals surface area contributed by atoms with Crippen LogP contribution in [0.25, 0.3) is 0 Å². The second-order valence-electron chi connectivity index (χ2n) is 14.5. The molecule has 0 aliphatic carbocycles. The maximum absolute atomic E-state index is 14.5. The molecule has 3 amide bonds. The first-order valence-electron chi connectivity index (χ1n) is 15.3. The second-order valence-corrected chi connectivity index (χ2v) is 14.5. The van der Waals surface area contributed by atoms with Gasteiger partial charge < -0.3 is 30.1 Å². The molecule has 10 nitrogen and oxygen atoms in total. The minimum absolute atomic E-state index is 0.0195. The van der Waals surface area contributed by atoms with Gasteiger partial charge in [0, 0.05) is 12.0 Å². The SMILES string of the molecule is CC(C)C(NC(=O)OC(C)(C)C)C(=O)N(C(C(=O)NC(Cc1ccccc1)C(=O)OC(C)(C)C)c1ccc(O)cc1)C(C)(C)C. The van der Waals surface area contributed by atoms with Crippen LogP contribution in [0.4, 0.5) is 4.79 Å². The molecule has 0 spiro atoms. The maximum atomic E-state index is 14.5. The van der Waals surface area contributed by atoms with Crippen molar-refractivity contribution in [1.82, 2.24) is 15.5 Å². The monoisotopic (exact) mass is 625 g/mol. The molecule has 0 aromatic heterocycles. The number of benzene rings is 2. The Morgan fingerprint density at radius 3 is 1.78 bits per heavy atom. The van der Waals surface area contributed by atoms with Crippen LogP contribution in [0, 0.1) is 5.92 Å². The van der Waals surface area contributed by atoms with E-state index in [1.165, 1.54) is 17.0 Å². The molecular weight excluding hydrogens is 574 g/mol. The Kier molecular flexibility index (Phi) is 12.2. The molecule has 2 aromatic rings. The van der Waals surface area contributed by atoms with E-state index in [0.717, 1.165) is 5.56 Å². The first-order valence-corrected chi connectivity index (χ1v) is 15.3. The minimum atomic E-state index is -1.25. The number of nitrogens with zero attached hydrogens (tertiary/aromatic N) is 1. The third-order valence-electron chi connectivity index (χ3n) is 6.57. The lowest BCUT2D eigenvalue weighted by molar-refractivity contribution is -0.159. The van der Waals surface area contributed by atoms with Crippen molar-refractivity contribution in [2.24, 2.45) is 5.92 Å². The molecule has 45 heavy (non-hydrogen) atoms. The molecule has 0 bridgehead atoms. The Balaban J connectivity index is 2.63. The fraction of sp³-hybridized carbons (Fsp3) is 0.543. The number of ether oxygens (including phenoxy) is 2. The zero-order valence-corrected chi connectivity index (χ0v) is 28.6. The number of phenolic OH excluding ortho intramolecular Hbond substituents is 1. The summed E-state index contributed by atoms with van der Waals surface area (Å²) in [6, 6.07) is 11.8. The van der Waals surface area contributed by atoms with Crippen molar-refractivity contribution >= 4 is 23.9 Å². The van der Waals surface area contributed by atoms with E-state index in [0.29, 0.717) is 5.56 Å². The zero-order valence-electron chi connectivity index (χ0n) is 28.6. The summed E-state index contributed by atoms with van der Waals surface area (Å²) in [5.41, 5.74) is -1.34. The number of alkyl carbamates (subject to hydrolysis) is 1. The lowest BCUT2D eigenvalue weighted by Gasteiger charge is -2.44. The van der Waals surface area contributed by atoms with Crippen LogP contribution in [0.5, 0.6) is 5.75 Å². The second kappa shape index (κ2) is 14.8. The van der Waals surface area contributed by atoms with E-state index in [9.17, 15) is 24.3 Å². The molecule has 0 aliphatic rings. The fourth-order valence-corrected chi connectivity index (χ4v) is 4.68. The highest BCUT2D eigenvalue weighted by Crippen LogP contribution is 2.32. The van der Waals surface area contributed by atoms with Gasteiger partial charge in [0.15, 0.2) is 0 Å². The number of hydrogen-bond acceptors (Lipinski definition) is 7. The smallest absolute Gasteiger partial charge is 0.408 e. The van der Waals surface area contributed by atoms with Gasteiger partial charge >= 0.3 is 12.1 Å². The molecule has 2 rings (SSSR count). The lowest BCUT2D eigenvalue weighted by Crippen LogP contribution is -2.60. The lowest BCUT2D eigenvalue weighted by atomic mass is 9.92. The van der Waals surface area contributed by atoms with Gasteiger partial charge in [-0.3, -0.25) is 9.59 Å². The highest BCUT2D eigenvalue weighted by Gasteiger charge is 2.43. The number of amides is 3. The van der Waals surface area contributed by atoms with Crippen molar-refractivity contribution < 1.29 is 33.8 Å². The Labute approximate surface area is 267 Å². The molecule has 2 aromatic carbocycles. The van der Waals surface area contributed by atoms with Gasteiger partial charge in [0.25, 0.3) is 0 Å². The van der Waals surface area contributed by atoms with Crippen molar-refractivity contribution in [2.75, 3.05) is 0 Å². The van der Waals surface area contributed by atoms with Gasteiger partial charge in [-0.2, -0.15) is 0 Å². The number of aromatic hydroxyl groups is 1. The predicted molar refractivity (Wildman–Crippen MR) is 173 cm³/mol. The van der Waals surface area contributed by atoms with Crippen LogP contribution in [-0.2, 0) is 30.3 Å². The molecule has 0 radical (unpaired) electrons. The molecular formula is C35H51N3O7. The van der Waals surface area contributed by atoms with E-state index in [1.807, 2.05) is 30.3 Å². The average Bonchev–Trinajstić information content (AvgIpc) is 2.88. The summed E-state index contributed by atoms with van der Waals surface area (Å²) in [6.45, 7) is 19.3. The first-order chi connectivity index (χ1) is 20.6. The van der Waals surface area contributed by atoms with Crippen molar-refractivity contribution in [2.45, 2.75) is 117 Å². The number of nitrogens with one attached hydrogen (secondary N) is 2. The van der Waals surface area contributed by atoms with E-state index in [2.05, 4.69) is 10.6 Å². The third kappa shape index (κ3) is 11.7. The Morgan fingerprint density at radius 2 is 1.31 bits per heavy atom.